The summed E-state index contributed by atoms with van der Waals surface area (Å²) in [6.45, 7) is 1.48. The zero-order chi connectivity index (χ0) is 11.1. The Kier molecular flexibility index (Phi) is 5.36. The monoisotopic (exact) mass is 212 g/mol. The molecule has 0 aromatic heterocycles. The van der Waals surface area contributed by atoms with Crippen LogP contribution in [0.15, 0.2) is 12.2 Å². The van der Waals surface area contributed by atoms with Crippen LogP contribution in [0.1, 0.15) is 19.3 Å². The van der Waals surface area contributed by atoms with E-state index in [1.165, 1.54) is 0 Å². The van der Waals surface area contributed by atoms with Gasteiger partial charge in [-0.05, 0) is 19.3 Å². The van der Waals surface area contributed by atoms with E-state index in [2.05, 4.69) is 5.32 Å². The van der Waals surface area contributed by atoms with E-state index in [1.807, 2.05) is 12.2 Å². The van der Waals surface area contributed by atoms with Crippen LogP contribution in [-0.2, 0) is 9.53 Å². The number of rotatable bonds is 6. The molecule has 0 aliphatic heterocycles. The minimum atomic E-state index is -0.0255. The predicted molar refractivity (Wildman–Crippen MR) is 59.3 cm³/mol. The van der Waals surface area contributed by atoms with Gasteiger partial charge < -0.3 is 15.8 Å². The van der Waals surface area contributed by atoms with Crippen molar-refractivity contribution in [2.24, 2.45) is 11.7 Å². The van der Waals surface area contributed by atoms with Gasteiger partial charge in [-0.3, -0.25) is 4.79 Å². The topological polar surface area (TPSA) is 64.3 Å². The highest BCUT2D eigenvalue weighted by atomic mass is 16.5. The summed E-state index contributed by atoms with van der Waals surface area (Å²) in [5, 5.41) is 2.90. The Labute approximate surface area is 90.9 Å². The number of amides is 1. The highest BCUT2D eigenvalue weighted by Gasteiger charge is 2.21. The molecular weight excluding hydrogens is 192 g/mol. The summed E-state index contributed by atoms with van der Waals surface area (Å²) >= 11 is 0. The van der Waals surface area contributed by atoms with Gasteiger partial charge in [-0.2, -0.15) is 0 Å². The minimum Gasteiger partial charge on any atom is -0.385 e. The van der Waals surface area contributed by atoms with Crippen molar-refractivity contribution in [3.63, 3.8) is 0 Å². The molecule has 0 aromatic rings. The molecule has 1 rings (SSSR count). The van der Waals surface area contributed by atoms with Crippen LogP contribution < -0.4 is 11.1 Å². The van der Waals surface area contributed by atoms with Crippen LogP contribution in [0.5, 0.6) is 0 Å². The molecule has 1 amide bonds. The first-order chi connectivity index (χ1) is 7.24. The van der Waals surface area contributed by atoms with Gasteiger partial charge in [0.1, 0.15) is 0 Å². The Morgan fingerprint density at radius 3 is 2.93 bits per heavy atom. The maximum atomic E-state index is 11.6. The first-order valence-electron chi connectivity index (χ1n) is 5.44. The molecule has 2 unspecified atom stereocenters. The molecule has 86 valence electrons. The van der Waals surface area contributed by atoms with Crippen molar-refractivity contribution in [2.75, 3.05) is 20.3 Å². The SMILES string of the molecule is COCCCCNC(=O)C1C=CC(N)C1. The van der Waals surface area contributed by atoms with Crippen LogP contribution in [0.25, 0.3) is 0 Å². The van der Waals surface area contributed by atoms with Gasteiger partial charge in [-0.15, -0.1) is 0 Å². The number of carbonyl (C=O) groups is 1. The third kappa shape index (κ3) is 4.44. The Morgan fingerprint density at radius 1 is 1.53 bits per heavy atom. The van der Waals surface area contributed by atoms with Crippen molar-refractivity contribution < 1.29 is 9.53 Å². The Bertz CT molecular complexity index is 229. The molecule has 0 spiro atoms. The predicted octanol–water partition coefficient (Wildman–Crippen LogP) is 0.433. The molecule has 1 aliphatic carbocycles. The third-order valence-electron chi connectivity index (χ3n) is 2.53. The van der Waals surface area contributed by atoms with Crippen LogP contribution >= 0.6 is 0 Å². The van der Waals surface area contributed by atoms with Crippen molar-refractivity contribution in [2.45, 2.75) is 25.3 Å². The summed E-state index contributed by atoms with van der Waals surface area (Å²) in [6.07, 6.45) is 6.48. The van der Waals surface area contributed by atoms with Gasteiger partial charge in [-0.1, -0.05) is 12.2 Å². The largest absolute Gasteiger partial charge is 0.385 e. The van der Waals surface area contributed by atoms with Gasteiger partial charge in [0.25, 0.3) is 0 Å². The van der Waals surface area contributed by atoms with Crippen LogP contribution in [0, 0.1) is 5.92 Å². The van der Waals surface area contributed by atoms with E-state index in [0.717, 1.165) is 32.4 Å². The Morgan fingerprint density at radius 2 is 2.33 bits per heavy atom. The van der Waals surface area contributed by atoms with E-state index in [-0.39, 0.29) is 17.9 Å². The zero-order valence-corrected chi connectivity index (χ0v) is 9.24. The average Bonchev–Trinajstić information content (AvgIpc) is 2.64. The molecule has 0 saturated heterocycles. The van der Waals surface area contributed by atoms with E-state index in [9.17, 15) is 4.79 Å². The second-order valence-electron chi connectivity index (χ2n) is 3.88. The number of carbonyl (C=O) groups excluding carboxylic acids is 1. The first kappa shape index (κ1) is 12.2. The summed E-state index contributed by atoms with van der Waals surface area (Å²) in [5.74, 6) is 0.0686. The van der Waals surface area contributed by atoms with Crippen LogP contribution in [0.4, 0.5) is 0 Å². The van der Waals surface area contributed by atoms with E-state index >= 15 is 0 Å². The summed E-state index contributed by atoms with van der Waals surface area (Å²) < 4.78 is 4.92. The van der Waals surface area contributed by atoms with Gasteiger partial charge in [-0.25, -0.2) is 0 Å². The number of ether oxygens (including phenoxy) is 1. The number of hydrogen-bond donors (Lipinski definition) is 2. The lowest BCUT2D eigenvalue weighted by Gasteiger charge is -2.10. The van der Waals surface area contributed by atoms with Crippen molar-refractivity contribution in [1.82, 2.24) is 5.32 Å². The molecule has 0 bridgehead atoms. The van der Waals surface area contributed by atoms with E-state index in [1.54, 1.807) is 7.11 Å². The number of nitrogens with two attached hydrogens (primary N) is 1. The lowest BCUT2D eigenvalue weighted by Crippen LogP contribution is -2.31. The van der Waals surface area contributed by atoms with Gasteiger partial charge in [0, 0.05) is 26.3 Å². The molecular formula is C11H20N2O2. The van der Waals surface area contributed by atoms with Crippen LogP contribution in [0.2, 0.25) is 0 Å². The molecule has 0 fully saturated rings. The van der Waals surface area contributed by atoms with Crippen molar-refractivity contribution >= 4 is 5.91 Å². The first-order valence-corrected chi connectivity index (χ1v) is 5.44. The van der Waals surface area contributed by atoms with Crippen molar-refractivity contribution in [3.05, 3.63) is 12.2 Å². The second kappa shape index (κ2) is 6.58. The molecule has 3 N–H and O–H groups in total. The summed E-state index contributed by atoms with van der Waals surface area (Å²) in [6, 6.07) is 0.0502. The molecule has 0 saturated carbocycles. The quantitative estimate of drug-likeness (QED) is 0.496. The standard InChI is InChI=1S/C11H20N2O2/c1-15-7-3-2-6-13-11(14)9-4-5-10(12)8-9/h4-5,9-10H,2-3,6-8,12H2,1H3,(H,13,14). The lowest BCUT2D eigenvalue weighted by molar-refractivity contribution is -0.123. The highest BCUT2D eigenvalue weighted by Crippen LogP contribution is 2.15. The summed E-state index contributed by atoms with van der Waals surface area (Å²) in [5.41, 5.74) is 5.67. The Hall–Kier alpha value is -0.870. The summed E-state index contributed by atoms with van der Waals surface area (Å²) in [7, 11) is 1.68. The molecule has 0 heterocycles. The molecule has 2 atom stereocenters. The van der Waals surface area contributed by atoms with Crippen LogP contribution in [-0.4, -0.2) is 32.2 Å². The smallest absolute Gasteiger partial charge is 0.226 e. The molecule has 0 aromatic carbocycles. The second-order valence-corrected chi connectivity index (χ2v) is 3.88. The molecule has 0 radical (unpaired) electrons. The maximum absolute atomic E-state index is 11.6. The molecule has 15 heavy (non-hydrogen) atoms. The van der Waals surface area contributed by atoms with E-state index in [4.69, 9.17) is 10.5 Å². The lowest BCUT2D eigenvalue weighted by atomic mass is 10.1. The zero-order valence-electron chi connectivity index (χ0n) is 9.24. The number of methoxy groups -OCH3 is 1. The molecule has 1 aliphatic rings. The summed E-state index contributed by atoms with van der Waals surface area (Å²) in [4.78, 5) is 11.6. The number of nitrogens with one attached hydrogen (secondary N) is 1. The number of hydrogen-bond acceptors (Lipinski definition) is 3. The minimum absolute atomic E-state index is 0.0255. The molecule has 4 nitrogen and oxygen atoms in total. The van der Waals surface area contributed by atoms with E-state index < -0.39 is 0 Å². The highest BCUT2D eigenvalue weighted by molar-refractivity contribution is 5.81. The van der Waals surface area contributed by atoms with E-state index in [0.29, 0.717) is 0 Å². The fraction of sp³-hybridized carbons (Fsp3) is 0.727. The fourth-order valence-electron chi connectivity index (χ4n) is 1.64. The third-order valence-corrected chi connectivity index (χ3v) is 2.53. The van der Waals surface area contributed by atoms with Gasteiger partial charge in [0.05, 0.1) is 5.92 Å². The fourth-order valence-corrected chi connectivity index (χ4v) is 1.64. The number of unbranched alkanes of at least 4 members (excludes halogenated alkanes) is 1. The van der Waals surface area contributed by atoms with Gasteiger partial charge in [0.2, 0.25) is 5.91 Å². The normalized spacial score (nSPS) is 24.4. The maximum Gasteiger partial charge on any atom is 0.226 e. The van der Waals surface area contributed by atoms with Crippen molar-refractivity contribution in [3.8, 4) is 0 Å². The Balaban J connectivity index is 2.06. The van der Waals surface area contributed by atoms with Gasteiger partial charge >= 0.3 is 0 Å². The van der Waals surface area contributed by atoms with Crippen molar-refractivity contribution in [1.29, 1.82) is 0 Å². The van der Waals surface area contributed by atoms with Crippen LogP contribution in [0.3, 0.4) is 0 Å². The molecule has 4 heteroatoms. The average molecular weight is 212 g/mol. The van der Waals surface area contributed by atoms with Gasteiger partial charge in [0.15, 0.2) is 0 Å².